The van der Waals surface area contributed by atoms with Gasteiger partial charge in [0.1, 0.15) is 5.69 Å². The topological polar surface area (TPSA) is 92.2 Å². The lowest BCUT2D eigenvalue weighted by molar-refractivity contribution is 0.0688. The Morgan fingerprint density at radius 1 is 1.18 bits per heavy atom. The highest BCUT2D eigenvalue weighted by Gasteiger charge is 2.31. The van der Waals surface area contributed by atoms with E-state index in [0.717, 1.165) is 6.20 Å². The van der Waals surface area contributed by atoms with Gasteiger partial charge >= 0.3 is 5.97 Å². The van der Waals surface area contributed by atoms with Gasteiger partial charge in [0.05, 0.1) is 12.4 Å². The predicted octanol–water partition coefficient (Wildman–Crippen LogP) is 2.51. The van der Waals surface area contributed by atoms with Crippen LogP contribution in [-0.4, -0.2) is 33.5 Å². The van der Waals surface area contributed by atoms with Gasteiger partial charge in [-0.15, -0.1) is 0 Å². The van der Waals surface area contributed by atoms with Crippen LogP contribution in [-0.2, 0) is 0 Å². The van der Waals surface area contributed by atoms with Gasteiger partial charge in [0.25, 0.3) is 5.91 Å². The Labute approximate surface area is 130 Å². The minimum absolute atomic E-state index is 0.0461. The van der Waals surface area contributed by atoms with Gasteiger partial charge in [0.2, 0.25) is 0 Å². The second-order valence-corrected chi connectivity index (χ2v) is 6.60. The van der Waals surface area contributed by atoms with Gasteiger partial charge in [-0.3, -0.25) is 4.79 Å². The number of aromatic carboxylic acids is 1. The van der Waals surface area contributed by atoms with E-state index >= 15 is 0 Å². The van der Waals surface area contributed by atoms with Gasteiger partial charge in [-0.2, -0.15) is 0 Å². The fraction of sp³-hybridized carbons (Fsp3) is 0.625. The van der Waals surface area contributed by atoms with Crippen molar-refractivity contribution in [2.24, 2.45) is 11.3 Å². The summed E-state index contributed by atoms with van der Waals surface area (Å²) in [6.45, 7) is 4.95. The third-order valence-electron chi connectivity index (χ3n) is 4.52. The van der Waals surface area contributed by atoms with Crippen LogP contribution in [0.1, 0.15) is 66.9 Å². The quantitative estimate of drug-likeness (QED) is 0.872. The number of carboxylic acid groups (broad SMARTS) is 1. The average molecular weight is 305 g/mol. The molecule has 0 atom stereocenters. The molecule has 1 amide bonds. The van der Waals surface area contributed by atoms with Gasteiger partial charge in [0.15, 0.2) is 5.69 Å². The molecule has 1 aliphatic carbocycles. The highest BCUT2D eigenvalue weighted by molar-refractivity contribution is 5.92. The van der Waals surface area contributed by atoms with Crippen molar-refractivity contribution in [3.63, 3.8) is 0 Å². The van der Waals surface area contributed by atoms with Crippen molar-refractivity contribution in [1.82, 2.24) is 15.3 Å². The van der Waals surface area contributed by atoms with Crippen molar-refractivity contribution in [3.05, 3.63) is 23.8 Å². The largest absolute Gasteiger partial charge is 0.476 e. The Morgan fingerprint density at radius 3 is 2.32 bits per heavy atom. The fourth-order valence-electron chi connectivity index (χ4n) is 2.98. The van der Waals surface area contributed by atoms with E-state index in [1.54, 1.807) is 0 Å². The molecule has 0 unspecified atom stereocenters. The summed E-state index contributed by atoms with van der Waals surface area (Å²) in [5, 5.41) is 11.7. The summed E-state index contributed by atoms with van der Waals surface area (Å²) in [6, 6.07) is 0. The third-order valence-corrected chi connectivity index (χ3v) is 4.52. The molecule has 1 saturated carbocycles. The molecular formula is C16H23N3O3. The van der Waals surface area contributed by atoms with Crippen LogP contribution in [0.5, 0.6) is 0 Å². The van der Waals surface area contributed by atoms with Crippen molar-refractivity contribution >= 4 is 11.9 Å². The standard InChI is InChI=1S/C16H23N3O3/c1-16(2,11-6-4-3-5-7-11)10-19-14(20)12-8-18-13(9-17-12)15(21)22/h8-9,11H,3-7,10H2,1-2H3,(H,19,20)(H,21,22). The molecule has 0 bridgehead atoms. The molecule has 6 heteroatoms. The molecular weight excluding hydrogens is 282 g/mol. The van der Waals surface area contributed by atoms with Crippen molar-refractivity contribution in [2.75, 3.05) is 6.54 Å². The highest BCUT2D eigenvalue weighted by Crippen LogP contribution is 2.37. The Bertz CT molecular complexity index is 534. The molecule has 0 aromatic carbocycles. The van der Waals surface area contributed by atoms with E-state index in [1.165, 1.54) is 38.3 Å². The van der Waals surface area contributed by atoms with Crippen LogP contribution in [0.25, 0.3) is 0 Å². The van der Waals surface area contributed by atoms with Gasteiger partial charge < -0.3 is 10.4 Å². The SMILES string of the molecule is CC(C)(CNC(=O)c1cnc(C(=O)O)cn1)C1CCCCC1. The van der Waals surface area contributed by atoms with Crippen LogP contribution in [0.15, 0.2) is 12.4 Å². The molecule has 2 N–H and O–H groups in total. The third kappa shape index (κ3) is 4.02. The van der Waals surface area contributed by atoms with E-state index in [2.05, 4.69) is 29.1 Å². The number of hydrogen-bond donors (Lipinski definition) is 2. The molecule has 6 nitrogen and oxygen atoms in total. The van der Waals surface area contributed by atoms with Gasteiger partial charge in [-0.1, -0.05) is 33.1 Å². The van der Waals surface area contributed by atoms with Crippen LogP contribution in [0.4, 0.5) is 0 Å². The summed E-state index contributed by atoms with van der Waals surface area (Å²) >= 11 is 0. The molecule has 1 fully saturated rings. The molecule has 0 saturated heterocycles. The number of rotatable bonds is 5. The Kier molecular flexibility index (Phi) is 5.11. The van der Waals surface area contributed by atoms with Crippen LogP contribution in [0.3, 0.4) is 0 Å². The first-order valence-corrected chi connectivity index (χ1v) is 7.74. The smallest absolute Gasteiger partial charge is 0.356 e. The fourth-order valence-corrected chi connectivity index (χ4v) is 2.98. The monoisotopic (exact) mass is 305 g/mol. The van der Waals surface area contributed by atoms with E-state index in [9.17, 15) is 9.59 Å². The molecule has 0 radical (unpaired) electrons. The molecule has 1 aromatic rings. The first-order valence-electron chi connectivity index (χ1n) is 7.74. The van der Waals surface area contributed by atoms with Gasteiger partial charge in [-0.25, -0.2) is 14.8 Å². The Hall–Kier alpha value is -1.98. The molecule has 2 rings (SSSR count). The molecule has 120 valence electrons. The van der Waals surface area contributed by atoms with Gasteiger partial charge in [-0.05, 0) is 24.2 Å². The molecule has 0 aliphatic heterocycles. The lowest BCUT2D eigenvalue weighted by Gasteiger charge is -2.37. The van der Waals surface area contributed by atoms with Crippen molar-refractivity contribution in [3.8, 4) is 0 Å². The van der Waals surface area contributed by atoms with E-state index in [4.69, 9.17) is 5.11 Å². The predicted molar refractivity (Wildman–Crippen MR) is 81.7 cm³/mol. The second kappa shape index (κ2) is 6.85. The molecule has 22 heavy (non-hydrogen) atoms. The maximum atomic E-state index is 12.1. The van der Waals surface area contributed by atoms with Crippen LogP contribution in [0.2, 0.25) is 0 Å². The van der Waals surface area contributed by atoms with E-state index in [1.807, 2.05) is 0 Å². The second-order valence-electron chi connectivity index (χ2n) is 6.60. The maximum Gasteiger partial charge on any atom is 0.356 e. The normalized spacial score (nSPS) is 16.3. The minimum atomic E-state index is -1.15. The number of nitrogens with one attached hydrogen (secondary N) is 1. The first kappa shape index (κ1) is 16.4. The van der Waals surface area contributed by atoms with Crippen LogP contribution < -0.4 is 5.32 Å². The zero-order valence-corrected chi connectivity index (χ0v) is 13.1. The summed E-state index contributed by atoms with van der Waals surface area (Å²) in [5.74, 6) is -0.840. The number of amides is 1. The summed E-state index contributed by atoms with van der Waals surface area (Å²) in [4.78, 5) is 30.4. The summed E-state index contributed by atoms with van der Waals surface area (Å²) in [6.07, 6.45) is 8.58. The molecule has 1 heterocycles. The number of carbonyl (C=O) groups is 2. The highest BCUT2D eigenvalue weighted by atomic mass is 16.4. The molecule has 1 aromatic heterocycles. The van der Waals surface area contributed by atoms with Crippen LogP contribution >= 0.6 is 0 Å². The average Bonchev–Trinajstić information content (AvgIpc) is 2.53. The molecule has 0 spiro atoms. The lowest BCUT2D eigenvalue weighted by Crippen LogP contribution is -2.39. The van der Waals surface area contributed by atoms with Crippen LogP contribution in [0, 0.1) is 11.3 Å². The van der Waals surface area contributed by atoms with Crippen molar-refractivity contribution in [2.45, 2.75) is 46.0 Å². The summed E-state index contributed by atoms with van der Waals surface area (Å²) < 4.78 is 0. The first-order chi connectivity index (χ1) is 10.4. The summed E-state index contributed by atoms with van der Waals surface area (Å²) in [7, 11) is 0. The van der Waals surface area contributed by atoms with E-state index in [-0.39, 0.29) is 22.7 Å². The number of carboxylic acids is 1. The number of nitrogens with zero attached hydrogens (tertiary/aromatic N) is 2. The molecule has 1 aliphatic rings. The zero-order chi connectivity index (χ0) is 16.2. The number of hydrogen-bond acceptors (Lipinski definition) is 4. The number of carbonyl (C=O) groups excluding carboxylic acids is 1. The maximum absolute atomic E-state index is 12.1. The summed E-state index contributed by atoms with van der Waals surface area (Å²) in [5.41, 5.74) is 0.0216. The minimum Gasteiger partial charge on any atom is -0.476 e. The van der Waals surface area contributed by atoms with E-state index < -0.39 is 5.97 Å². The lowest BCUT2D eigenvalue weighted by atomic mass is 9.71. The van der Waals surface area contributed by atoms with Crippen molar-refractivity contribution < 1.29 is 14.7 Å². The number of aromatic nitrogens is 2. The van der Waals surface area contributed by atoms with E-state index in [0.29, 0.717) is 12.5 Å². The van der Waals surface area contributed by atoms with Crippen molar-refractivity contribution in [1.29, 1.82) is 0 Å². The Balaban J connectivity index is 1.92. The zero-order valence-electron chi connectivity index (χ0n) is 13.1. The Morgan fingerprint density at radius 2 is 1.77 bits per heavy atom. The van der Waals surface area contributed by atoms with Gasteiger partial charge in [0, 0.05) is 6.54 Å².